The maximum absolute atomic E-state index is 13.1. The Morgan fingerprint density at radius 2 is 1.97 bits per heavy atom. The molecule has 3 aromatic rings. The Kier molecular flexibility index (Phi) is 5.07. The average Bonchev–Trinajstić information content (AvgIpc) is 3.15. The van der Waals surface area contributed by atoms with E-state index >= 15 is 0 Å². The van der Waals surface area contributed by atoms with Gasteiger partial charge in [0.15, 0.2) is 5.82 Å². The first-order valence-corrected chi connectivity index (χ1v) is 11.3. The highest BCUT2D eigenvalue weighted by Gasteiger charge is 2.36. The van der Waals surface area contributed by atoms with Gasteiger partial charge in [-0.1, -0.05) is 30.3 Å². The summed E-state index contributed by atoms with van der Waals surface area (Å²) in [5.74, 6) is 0.373. The van der Waals surface area contributed by atoms with Gasteiger partial charge < -0.3 is 15.5 Å². The molecule has 9 heteroatoms. The van der Waals surface area contributed by atoms with E-state index in [4.69, 9.17) is 0 Å². The third-order valence-corrected chi connectivity index (χ3v) is 7.17. The molecule has 8 nitrogen and oxygen atoms in total. The lowest BCUT2D eigenvalue weighted by Gasteiger charge is -2.32. The van der Waals surface area contributed by atoms with Crippen LogP contribution in [-0.2, 0) is 0 Å². The van der Waals surface area contributed by atoms with E-state index in [1.54, 1.807) is 4.90 Å². The fourth-order valence-electron chi connectivity index (χ4n) is 4.29. The smallest absolute Gasteiger partial charge is 0.328 e. The van der Waals surface area contributed by atoms with Crippen molar-refractivity contribution in [2.24, 2.45) is 0 Å². The van der Waals surface area contributed by atoms with Gasteiger partial charge in [0.1, 0.15) is 16.0 Å². The van der Waals surface area contributed by atoms with Gasteiger partial charge in [-0.25, -0.2) is 14.8 Å². The summed E-state index contributed by atoms with van der Waals surface area (Å²) < 4.78 is 0. The number of thiophene rings is 1. The number of nitrogens with zero attached hydrogens (tertiary/aromatic N) is 4. The molecule has 4 heterocycles. The Hall–Kier alpha value is -3.04. The van der Waals surface area contributed by atoms with Gasteiger partial charge in [0.05, 0.1) is 17.1 Å². The van der Waals surface area contributed by atoms with Gasteiger partial charge in [0, 0.05) is 6.04 Å². The highest BCUT2D eigenvalue weighted by atomic mass is 32.1. The topological polar surface area (TPSA) is 90.5 Å². The molecule has 1 saturated heterocycles. The van der Waals surface area contributed by atoms with Crippen LogP contribution in [0, 0.1) is 0 Å². The quantitative estimate of drug-likeness (QED) is 0.652. The summed E-state index contributed by atoms with van der Waals surface area (Å²) in [4.78, 5) is 40.1. The van der Waals surface area contributed by atoms with E-state index in [9.17, 15) is 9.59 Å². The Labute approximate surface area is 184 Å². The van der Waals surface area contributed by atoms with Crippen molar-refractivity contribution in [2.45, 2.75) is 31.8 Å². The van der Waals surface area contributed by atoms with Crippen LogP contribution in [0.5, 0.6) is 0 Å². The molecular formula is C22H24N6O2S. The van der Waals surface area contributed by atoms with Gasteiger partial charge in [-0.15, -0.1) is 11.3 Å². The molecule has 160 valence electrons. The number of amides is 3. The van der Waals surface area contributed by atoms with Crippen LogP contribution in [0.15, 0.2) is 36.7 Å². The maximum atomic E-state index is 13.1. The van der Waals surface area contributed by atoms with E-state index in [2.05, 4.69) is 32.5 Å². The van der Waals surface area contributed by atoms with Crippen molar-refractivity contribution in [3.8, 4) is 0 Å². The first-order chi connectivity index (χ1) is 15.0. The second-order valence-electron chi connectivity index (χ2n) is 8.12. The predicted octanol–water partition coefficient (Wildman–Crippen LogP) is 3.63. The molecule has 0 bridgehead atoms. The lowest BCUT2D eigenvalue weighted by molar-refractivity contribution is 0.0922. The van der Waals surface area contributed by atoms with Gasteiger partial charge in [-0.05, 0) is 45.5 Å². The number of anilines is 2. The summed E-state index contributed by atoms with van der Waals surface area (Å²) in [6.45, 7) is 3.89. The van der Waals surface area contributed by atoms with Crippen LogP contribution in [0.4, 0.5) is 16.3 Å². The zero-order valence-electron chi connectivity index (χ0n) is 17.5. The zero-order chi connectivity index (χ0) is 21.5. The largest absolute Gasteiger partial charge is 0.348 e. The molecule has 2 aromatic heterocycles. The van der Waals surface area contributed by atoms with Crippen molar-refractivity contribution in [2.75, 3.05) is 30.4 Å². The van der Waals surface area contributed by atoms with Gasteiger partial charge in [-0.2, -0.15) is 0 Å². The first kappa shape index (κ1) is 19.9. The highest BCUT2D eigenvalue weighted by molar-refractivity contribution is 7.21. The SMILES string of the molecule is C[C@H](c1ccccc1)N1C(=O)Nc2c(C(=O)NC3CCN(C)CC3)sc3ncnc1c23. The Morgan fingerprint density at radius 3 is 2.71 bits per heavy atom. The van der Waals surface area contributed by atoms with Crippen molar-refractivity contribution < 1.29 is 9.59 Å². The second kappa shape index (κ2) is 7.90. The average molecular weight is 437 g/mol. The summed E-state index contributed by atoms with van der Waals surface area (Å²) in [7, 11) is 2.09. The zero-order valence-corrected chi connectivity index (χ0v) is 18.3. The number of likely N-dealkylation sites (tertiary alicyclic amines) is 1. The molecule has 3 amide bonds. The number of nitrogens with one attached hydrogen (secondary N) is 2. The van der Waals surface area contributed by atoms with Crippen molar-refractivity contribution in [1.29, 1.82) is 0 Å². The van der Waals surface area contributed by atoms with Crippen molar-refractivity contribution in [3.05, 3.63) is 47.1 Å². The van der Waals surface area contributed by atoms with Crippen LogP contribution in [0.3, 0.4) is 0 Å². The second-order valence-corrected chi connectivity index (χ2v) is 9.12. The molecule has 0 radical (unpaired) electrons. The summed E-state index contributed by atoms with van der Waals surface area (Å²) in [5.41, 5.74) is 1.52. The molecule has 5 rings (SSSR count). The summed E-state index contributed by atoms with van der Waals surface area (Å²) in [6, 6.07) is 9.44. The van der Waals surface area contributed by atoms with Gasteiger partial charge >= 0.3 is 6.03 Å². The van der Waals surface area contributed by atoms with Crippen LogP contribution in [0.1, 0.15) is 41.0 Å². The third kappa shape index (κ3) is 3.53. The van der Waals surface area contributed by atoms with Crippen LogP contribution in [0.2, 0.25) is 0 Å². The molecule has 0 saturated carbocycles. The van der Waals surface area contributed by atoms with E-state index in [1.807, 2.05) is 37.3 Å². The molecule has 2 aliphatic rings. The number of benzene rings is 1. The molecule has 1 atom stereocenters. The highest BCUT2D eigenvalue weighted by Crippen LogP contribution is 2.44. The van der Waals surface area contributed by atoms with E-state index < -0.39 is 0 Å². The summed E-state index contributed by atoms with van der Waals surface area (Å²) >= 11 is 1.30. The molecule has 2 N–H and O–H groups in total. The van der Waals surface area contributed by atoms with Gasteiger partial charge in [0.25, 0.3) is 5.91 Å². The molecule has 1 fully saturated rings. The molecule has 0 aliphatic carbocycles. The van der Waals surface area contributed by atoms with Crippen molar-refractivity contribution in [3.63, 3.8) is 0 Å². The minimum Gasteiger partial charge on any atom is -0.348 e. The van der Waals surface area contributed by atoms with Gasteiger partial charge in [0.2, 0.25) is 0 Å². The molecular weight excluding hydrogens is 412 g/mol. The number of rotatable bonds is 4. The number of hydrogen-bond donors (Lipinski definition) is 2. The van der Waals surface area contributed by atoms with E-state index in [0.29, 0.717) is 21.2 Å². The van der Waals surface area contributed by atoms with E-state index in [0.717, 1.165) is 36.9 Å². The molecule has 0 unspecified atom stereocenters. The van der Waals surface area contributed by atoms with E-state index in [1.165, 1.54) is 17.7 Å². The molecule has 0 spiro atoms. The minimum absolute atomic E-state index is 0.139. The van der Waals surface area contributed by atoms with Crippen LogP contribution < -0.4 is 15.5 Å². The number of carbonyl (C=O) groups excluding carboxylic acids is 2. The lowest BCUT2D eigenvalue weighted by atomic mass is 10.0. The number of hydrogen-bond acceptors (Lipinski definition) is 6. The molecule has 2 aliphatic heterocycles. The normalized spacial score (nSPS) is 18.1. The van der Waals surface area contributed by atoms with Crippen molar-refractivity contribution in [1.82, 2.24) is 20.2 Å². The lowest BCUT2D eigenvalue weighted by Crippen LogP contribution is -2.44. The first-order valence-electron chi connectivity index (χ1n) is 10.4. The number of aromatic nitrogens is 2. The summed E-state index contributed by atoms with van der Waals surface area (Å²) in [5, 5.41) is 6.81. The van der Waals surface area contributed by atoms with Crippen molar-refractivity contribution >= 4 is 45.0 Å². The fourth-order valence-corrected chi connectivity index (χ4v) is 5.28. The number of piperidine rings is 1. The standard InChI is InChI=1S/C22H24N6O2S/c1-13(14-6-4-3-5-7-14)28-19-16-17(26-22(28)30)18(31-21(16)24-12-23-19)20(29)25-15-8-10-27(2)11-9-15/h3-7,12-13,15H,8-11H2,1-2H3,(H,25,29)(H,26,30)/t13-/m1/s1. The van der Waals surface area contributed by atoms with E-state index in [-0.39, 0.29) is 24.0 Å². The molecule has 1 aromatic carbocycles. The number of urea groups is 1. The monoisotopic (exact) mass is 436 g/mol. The fraction of sp³-hybridized carbons (Fsp3) is 0.364. The Balaban J connectivity index is 1.50. The number of carbonyl (C=O) groups is 2. The maximum Gasteiger partial charge on any atom is 0.328 e. The summed E-state index contributed by atoms with van der Waals surface area (Å²) in [6.07, 6.45) is 3.30. The van der Waals surface area contributed by atoms with Crippen LogP contribution in [-0.4, -0.2) is 53.0 Å². The molecule has 31 heavy (non-hydrogen) atoms. The van der Waals surface area contributed by atoms with Gasteiger partial charge in [-0.3, -0.25) is 9.69 Å². The minimum atomic E-state index is -0.296. The predicted molar refractivity (Wildman–Crippen MR) is 122 cm³/mol. The Morgan fingerprint density at radius 1 is 1.23 bits per heavy atom. The van der Waals surface area contributed by atoms with Crippen LogP contribution in [0.25, 0.3) is 10.2 Å². The Bertz CT molecular complexity index is 1140. The third-order valence-electron chi connectivity index (χ3n) is 6.08. The van der Waals surface area contributed by atoms with Crippen LogP contribution >= 0.6 is 11.3 Å².